The van der Waals surface area contributed by atoms with Gasteiger partial charge in [-0.2, -0.15) is 0 Å². The zero-order valence-corrected chi connectivity index (χ0v) is 16.8. The number of benzene rings is 3. The molecule has 0 aromatic heterocycles. The van der Waals surface area contributed by atoms with Crippen LogP contribution < -0.4 is 10.6 Å². The van der Waals surface area contributed by atoms with Gasteiger partial charge in [0.25, 0.3) is 0 Å². The summed E-state index contributed by atoms with van der Waals surface area (Å²) in [5.41, 5.74) is 6.80. The fourth-order valence-corrected chi connectivity index (χ4v) is 4.53. The first-order chi connectivity index (χ1) is 14.6. The van der Waals surface area contributed by atoms with E-state index in [-0.39, 0.29) is 23.6 Å². The summed E-state index contributed by atoms with van der Waals surface area (Å²) in [5.74, 6) is -0.00942. The third-order valence-corrected chi connectivity index (χ3v) is 6.03. The Bertz CT molecular complexity index is 1140. The number of carbonyl (C=O) groups excluding carboxylic acids is 1. The Morgan fingerprint density at radius 3 is 2.40 bits per heavy atom. The molecule has 0 amide bonds. The summed E-state index contributed by atoms with van der Waals surface area (Å²) in [4.78, 5) is 13.4. The van der Waals surface area contributed by atoms with Crippen LogP contribution in [0.3, 0.4) is 0 Å². The molecule has 0 spiro atoms. The molecule has 3 aromatic rings. The third kappa shape index (κ3) is 3.39. The lowest BCUT2D eigenvalue weighted by molar-refractivity contribution is -0.116. The zero-order valence-electron chi connectivity index (χ0n) is 16.8. The minimum absolute atomic E-state index is 0.129. The Kier molecular flexibility index (Phi) is 4.62. The quantitative estimate of drug-likeness (QED) is 0.547. The number of Topliss-reactive ketones (excluding diaryl/α,β-unsaturated/α-hetero) is 1. The molecule has 2 atom stereocenters. The molecule has 0 bridgehead atoms. The number of allylic oxidation sites excluding steroid dienone is 1. The van der Waals surface area contributed by atoms with E-state index in [0.717, 1.165) is 40.2 Å². The number of fused-ring (bicyclic) bond motifs is 1. The average molecular weight is 398 g/mol. The minimum Gasteiger partial charge on any atom is -0.372 e. The highest BCUT2D eigenvalue weighted by atomic mass is 19.1. The van der Waals surface area contributed by atoms with Crippen LogP contribution in [0.15, 0.2) is 84.1 Å². The van der Waals surface area contributed by atoms with Gasteiger partial charge in [-0.15, -0.1) is 0 Å². The lowest BCUT2D eigenvalue weighted by Gasteiger charge is -2.30. The van der Waals surface area contributed by atoms with Crippen molar-refractivity contribution < 1.29 is 9.18 Å². The molecule has 2 N–H and O–H groups in total. The molecule has 1 aliphatic carbocycles. The topological polar surface area (TPSA) is 41.1 Å². The summed E-state index contributed by atoms with van der Waals surface area (Å²) in [5, 5.41) is 7.11. The van der Waals surface area contributed by atoms with Crippen molar-refractivity contribution in [2.75, 3.05) is 10.6 Å². The third-order valence-electron chi connectivity index (χ3n) is 6.03. The van der Waals surface area contributed by atoms with Gasteiger partial charge in [0, 0.05) is 17.7 Å². The van der Waals surface area contributed by atoms with Crippen molar-refractivity contribution >= 4 is 17.2 Å². The Hall–Kier alpha value is -3.40. The Morgan fingerprint density at radius 2 is 1.63 bits per heavy atom. The van der Waals surface area contributed by atoms with Gasteiger partial charge in [-0.1, -0.05) is 48.5 Å². The largest absolute Gasteiger partial charge is 0.372 e. The number of aryl methyl sites for hydroxylation is 1. The molecule has 3 aromatic carbocycles. The molecule has 2 aliphatic rings. The van der Waals surface area contributed by atoms with E-state index in [1.165, 1.54) is 17.7 Å². The molecule has 1 heterocycles. The molecule has 1 aliphatic heterocycles. The van der Waals surface area contributed by atoms with Gasteiger partial charge >= 0.3 is 0 Å². The first-order valence-electron chi connectivity index (χ1n) is 10.3. The Morgan fingerprint density at radius 1 is 0.867 bits per heavy atom. The molecular formula is C26H23FN2O. The molecule has 5 rings (SSSR count). The Labute approximate surface area is 175 Å². The second kappa shape index (κ2) is 7.45. The molecule has 0 saturated heterocycles. The highest BCUT2D eigenvalue weighted by Crippen LogP contribution is 2.44. The summed E-state index contributed by atoms with van der Waals surface area (Å²) >= 11 is 0. The van der Waals surface area contributed by atoms with Gasteiger partial charge < -0.3 is 10.6 Å². The van der Waals surface area contributed by atoms with Crippen molar-refractivity contribution in [3.05, 3.63) is 107 Å². The van der Waals surface area contributed by atoms with Gasteiger partial charge in [0.15, 0.2) is 5.78 Å². The van der Waals surface area contributed by atoms with Crippen LogP contribution in [0.2, 0.25) is 0 Å². The maximum Gasteiger partial charge on any atom is 0.163 e. The fraction of sp³-hybridized carbons (Fsp3) is 0.192. The molecule has 30 heavy (non-hydrogen) atoms. The van der Waals surface area contributed by atoms with Crippen LogP contribution in [0.4, 0.5) is 15.8 Å². The number of ketones is 1. The summed E-state index contributed by atoms with van der Waals surface area (Å²) in [6, 6.07) is 22.5. The van der Waals surface area contributed by atoms with Crippen molar-refractivity contribution in [2.45, 2.75) is 31.7 Å². The normalized spacial score (nSPS) is 20.5. The van der Waals surface area contributed by atoms with Gasteiger partial charge in [0.2, 0.25) is 0 Å². The lowest BCUT2D eigenvalue weighted by Crippen LogP contribution is -2.26. The van der Waals surface area contributed by atoms with Crippen LogP contribution >= 0.6 is 0 Å². The molecule has 0 saturated carbocycles. The van der Waals surface area contributed by atoms with Crippen molar-refractivity contribution in [3.8, 4) is 0 Å². The van der Waals surface area contributed by atoms with Gasteiger partial charge in [0.1, 0.15) is 5.82 Å². The van der Waals surface area contributed by atoms with E-state index in [0.29, 0.717) is 6.42 Å². The molecule has 150 valence electrons. The number of hydrogen-bond acceptors (Lipinski definition) is 3. The van der Waals surface area contributed by atoms with E-state index in [1.54, 1.807) is 12.1 Å². The van der Waals surface area contributed by atoms with Crippen LogP contribution in [-0.4, -0.2) is 5.78 Å². The molecule has 0 radical (unpaired) electrons. The summed E-state index contributed by atoms with van der Waals surface area (Å²) in [6.07, 6.45) is 1.23. The van der Waals surface area contributed by atoms with Crippen LogP contribution in [-0.2, 0) is 4.79 Å². The molecular weight excluding hydrogens is 375 g/mol. The minimum atomic E-state index is -0.319. The average Bonchev–Trinajstić information content (AvgIpc) is 2.91. The van der Waals surface area contributed by atoms with Crippen LogP contribution in [0.1, 0.15) is 41.5 Å². The molecule has 0 unspecified atom stereocenters. The zero-order chi connectivity index (χ0) is 20.7. The fourth-order valence-electron chi connectivity index (χ4n) is 4.53. The molecule has 3 nitrogen and oxygen atoms in total. The maximum absolute atomic E-state index is 13.6. The van der Waals surface area contributed by atoms with Gasteiger partial charge in [-0.25, -0.2) is 4.39 Å². The van der Waals surface area contributed by atoms with E-state index in [4.69, 9.17) is 0 Å². The van der Waals surface area contributed by atoms with Crippen molar-refractivity contribution in [3.63, 3.8) is 0 Å². The first kappa shape index (κ1) is 18.6. The standard InChI is InChI=1S/C26H23FN2O/c1-16-7-12-21-22(13-16)29-26(18-8-10-20(27)11-9-18)25-23(28-21)14-19(15-24(25)30)17-5-3-2-4-6-17/h2-13,19,26,28-29H,14-15H2,1H3/t19-,26+/m1/s1. The monoisotopic (exact) mass is 398 g/mol. The van der Waals surface area contributed by atoms with Crippen molar-refractivity contribution in [1.82, 2.24) is 0 Å². The summed E-state index contributed by atoms with van der Waals surface area (Å²) in [7, 11) is 0. The van der Waals surface area contributed by atoms with Gasteiger partial charge in [-0.05, 0) is 60.2 Å². The summed E-state index contributed by atoms with van der Waals surface area (Å²) < 4.78 is 13.6. The van der Waals surface area contributed by atoms with E-state index in [9.17, 15) is 9.18 Å². The number of anilines is 2. The SMILES string of the molecule is Cc1ccc2c(c1)N[C@@H](c1ccc(F)cc1)C1=C(C[C@@H](c3ccccc3)CC1=O)N2. The van der Waals surface area contributed by atoms with E-state index in [1.807, 2.05) is 31.2 Å². The second-order valence-electron chi connectivity index (χ2n) is 8.13. The second-order valence-corrected chi connectivity index (χ2v) is 8.13. The number of rotatable bonds is 2. The molecule has 0 fully saturated rings. The van der Waals surface area contributed by atoms with Gasteiger partial charge in [0.05, 0.1) is 17.4 Å². The van der Waals surface area contributed by atoms with E-state index < -0.39 is 0 Å². The smallest absolute Gasteiger partial charge is 0.163 e. The highest BCUT2D eigenvalue weighted by Gasteiger charge is 2.36. The van der Waals surface area contributed by atoms with Crippen LogP contribution in [0.25, 0.3) is 0 Å². The number of hydrogen-bond donors (Lipinski definition) is 2. The maximum atomic E-state index is 13.6. The first-order valence-corrected chi connectivity index (χ1v) is 10.3. The van der Waals surface area contributed by atoms with Crippen molar-refractivity contribution in [1.29, 1.82) is 0 Å². The Balaban J connectivity index is 1.62. The van der Waals surface area contributed by atoms with Crippen LogP contribution in [0.5, 0.6) is 0 Å². The predicted molar refractivity (Wildman–Crippen MR) is 118 cm³/mol. The summed E-state index contributed by atoms with van der Waals surface area (Å²) in [6.45, 7) is 2.05. The van der Waals surface area contributed by atoms with Crippen molar-refractivity contribution in [2.24, 2.45) is 0 Å². The lowest BCUT2D eigenvalue weighted by atomic mass is 9.78. The van der Waals surface area contributed by atoms with Gasteiger partial charge in [-0.3, -0.25) is 4.79 Å². The molecule has 4 heteroatoms. The number of carbonyl (C=O) groups is 1. The number of nitrogens with one attached hydrogen (secondary N) is 2. The van der Waals surface area contributed by atoms with Crippen LogP contribution in [0, 0.1) is 12.7 Å². The van der Waals surface area contributed by atoms with E-state index in [2.05, 4.69) is 34.9 Å². The number of halogens is 1. The van der Waals surface area contributed by atoms with E-state index >= 15 is 0 Å². The predicted octanol–water partition coefficient (Wildman–Crippen LogP) is 6.11. The highest BCUT2D eigenvalue weighted by molar-refractivity contribution is 6.01.